The Bertz CT molecular complexity index is 1080. The van der Waals surface area contributed by atoms with Gasteiger partial charge in [0.1, 0.15) is 0 Å². The quantitative estimate of drug-likeness (QED) is 0.372. The molecule has 2 aliphatic heterocycles. The first kappa shape index (κ1) is 25.1. The predicted molar refractivity (Wildman–Crippen MR) is 147 cm³/mol. The van der Waals surface area contributed by atoms with Crippen LogP contribution in [-0.2, 0) is 21.8 Å². The summed E-state index contributed by atoms with van der Waals surface area (Å²) in [5.41, 5.74) is 5.01. The van der Waals surface area contributed by atoms with Gasteiger partial charge in [-0.2, -0.15) is 0 Å². The molecule has 5 rings (SSSR count). The molecule has 0 bridgehead atoms. The second-order valence-electron chi connectivity index (χ2n) is 9.84. The number of carbonyl (C=O) groups excluding carboxylic acids is 1. The standard InChI is InChI=1S/C31H36N2O2S/c34-30(32-31-27-15-5-4-13-25(27)23-36-29-17-7-6-16-28(29)31)18-10-19-33(21-24-11-2-1-3-12-24)22-26-14-8-9-20-35-26/h1-7,11-13,15-17,26,31H,8-10,14,18-23H2,(H,32,34). The average molecular weight is 501 g/mol. The number of amides is 1. The van der Waals surface area contributed by atoms with Crippen molar-refractivity contribution in [3.63, 3.8) is 0 Å². The van der Waals surface area contributed by atoms with Crippen molar-refractivity contribution < 1.29 is 9.53 Å². The lowest BCUT2D eigenvalue weighted by Crippen LogP contribution is -2.36. The van der Waals surface area contributed by atoms with Crippen LogP contribution in [0.1, 0.15) is 60.4 Å². The third kappa shape index (κ3) is 6.58. The Labute approximate surface area is 219 Å². The fraction of sp³-hybridized carbons (Fsp3) is 0.387. The summed E-state index contributed by atoms with van der Waals surface area (Å²) in [4.78, 5) is 16.9. The van der Waals surface area contributed by atoms with Gasteiger partial charge < -0.3 is 10.1 Å². The SMILES string of the molecule is O=C(CCCN(Cc1ccccc1)CC1CCCCO1)NC1c2ccccc2CSc2ccccc21. The van der Waals surface area contributed by atoms with Crippen LogP contribution < -0.4 is 5.32 Å². The van der Waals surface area contributed by atoms with Crippen LogP contribution in [0.5, 0.6) is 0 Å². The molecule has 2 heterocycles. The molecule has 0 spiro atoms. The molecule has 5 heteroatoms. The lowest BCUT2D eigenvalue weighted by molar-refractivity contribution is -0.121. The summed E-state index contributed by atoms with van der Waals surface area (Å²) in [6.45, 7) is 3.57. The molecule has 3 aromatic carbocycles. The van der Waals surface area contributed by atoms with Gasteiger partial charge in [0.15, 0.2) is 0 Å². The summed E-state index contributed by atoms with van der Waals surface area (Å²) in [6, 6.07) is 27.5. The molecule has 1 saturated heterocycles. The van der Waals surface area contributed by atoms with E-state index in [0.717, 1.165) is 44.8 Å². The van der Waals surface area contributed by atoms with Crippen LogP contribution >= 0.6 is 11.8 Å². The minimum absolute atomic E-state index is 0.101. The van der Waals surface area contributed by atoms with E-state index < -0.39 is 0 Å². The fourth-order valence-corrected chi connectivity index (χ4v) is 6.39. The Balaban J connectivity index is 1.22. The average Bonchev–Trinajstić information content (AvgIpc) is 3.07. The molecular weight excluding hydrogens is 464 g/mol. The van der Waals surface area contributed by atoms with Crippen molar-refractivity contribution in [1.29, 1.82) is 0 Å². The highest BCUT2D eigenvalue weighted by Crippen LogP contribution is 2.39. The minimum Gasteiger partial charge on any atom is -0.377 e. The maximum atomic E-state index is 13.2. The summed E-state index contributed by atoms with van der Waals surface area (Å²) in [5, 5.41) is 3.38. The zero-order chi connectivity index (χ0) is 24.6. The molecule has 0 aliphatic carbocycles. The Kier molecular flexibility index (Phi) is 8.76. The first-order valence-electron chi connectivity index (χ1n) is 13.2. The highest BCUT2D eigenvalue weighted by atomic mass is 32.2. The third-order valence-electron chi connectivity index (χ3n) is 7.15. The second-order valence-corrected chi connectivity index (χ2v) is 10.9. The van der Waals surface area contributed by atoms with Crippen molar-refractivity contribution in [1.82, 2.24) is 10.2 Å². The molecule has 1 amide bonds. The van der Waals surface area contributed by atoms with Crippen molar-refractivity contribution in [2.45, 2.75) is 61.4 Å². The van der Waals surface area contributed by atoms with Crippen molar-refractivity contribution in [2.24, 2.45) is 0 Å². The molecule has 1 N–H and O–H groups in total. The summed E-state index contributed by atoms with van der Waals surface area (Å²) in [7, 11) is 0. The van der Waals surface area contributed by atoms with Crippen molar-refractivity contribution >= 4 is 17.7 Å². The van der Waals surface area contributed by atoms with Crippen molar-refractivity contribution in [2.75, 3.05) is 19.7 Å². The normalized spacial score (nSPS) is 19.2. The molecule has 2 aliphatic rings. The van der Waals surface area contributed by atoms with E-state index in [1.165, 1.54) is 40.0 Å². The Hall–Kier alpha value is -2.60. The zero-order valence-corrected chi connectivity index (χ0v) is 21.7. The van der Waals surface area contributed by atoms with Gasteiger partial charge in [0, 0.05) is 36.8 Å². The lowest BCUT2D eigenvalue weighted by Gasteiger charge is -2.30. The summed E-state index contributed by atoms with van der Waals surface area (Å²) >= 11 is 1.85. The molecule has 0 saturated carbocycles. The topological polar surface area (TPSA) is 41.6 Å². The Morgan fingerprint density at radius 1 is 0.944 bits per heavy atom. The van der Waals surface area contributed by atoms with Gasteiger partial charge in [-0.3, -0.25) is 9.69 Å². The van der Waals surface area contributed by atoms with Gasteiger partial charge in [-0.15, -0.1) is 11.8 Å². The minimum atomic E-state index is -0.101. The van der Waals surface area contributed by atoms with Gasteiger partial charge in [-0.05, 0) is 60.5 Å². The Morgan fingerprint density at radius 2 is 1.72 bits per heavy atom. The van der Waals surface area contributed by atoms with Crippen LogP contribution in [0.2, 0.25) is 0 Å². The van der Waals surface area contributed by atoms with Gasteiger partial charge in [-0.1, -0.05) is 72.8 Å². The summed E-state index contributed by atoms with van der Waals surface area (Å²) in [6.07, 6.45) is 5.19. The van der Waals surface area contributed by atoms with Crippen LogP contribution in [-0.4, -0.2) is 36.6 Å². The number of carbonyl (C=O) groups is 1. The van der Waals surface area contributed by atoms with E-state index in [1.54, 1.807) is 0 Å². The molecule has 2 unspecified atom stereocenters. The van der Waals surface area contributed by atoms with Crippen LogP contribution in [0.4, 0.5) is 0 Å². The number of rotatable bonds is 9. The van der Waals surface area contributed by atoms with E-state index in [0.29, 0.717) is 12.5 Å². The first-order valence-corrected chi connectivity index (χ1v) is 14.2. The van der Waals surface area contributed by atoms with Crippen LogP contribution in [0.15, 0.2) is 83.8 Å². The number of nitrogens with zero attached hydrogens (tertiary/aromatic N) is 1. The molecule has 3 aromatic rings. The molecule has 0 radical (unpaired) electrons. The van der Waals surface area contributed by atoms with Crippen molar-refractivity contribution in [3.8, 4) is 0 Å². The number of fused-ring (bicyclic) bond motifs is 2. The summed E-state index contributed by atoms with van der Waals surface area (Å²) in [5.74, 6) is 1.04. The highest BCUT2D eigenvalue weighted by molar-refractivity contribution is 7.98. The molecule has 188 valence electrons. The molecule has 36 heavy (non-hydrogen) atoms. The van der Waals surface area contributed by atoms with E-state index in [9.17, 15) is 4.79 Å². The summed E-state index contributed by atoms with van der Waals surface area (Å²) < 4.78 is 6.03. The molecule has 4 nitrogen and oxygen atoms in total. The van der Waals surface area contributed by atoms with Gasteiger partial charge in [0.2, 0.25) is 5.91 Å². The molecule has 1 fully saturated rings. The van der Waals surface area contributed by atoms with E-state index in [4.69, 9.17) is 4.74 Å². The maximum absolute atomic E-state index is 13.2. The van der Waals surface area contributed by atoms with Crippen molar-refractivity contribution in [3.05, 3.63) is 101 Å². The van der Waals surface area contributed by atoms with Gasteiger partial charge in [0.25, 0.3) is 0 Å². The number of benzene rings is 3. The fourth-order valence-electron chi connectivity index (χ4n) is 5.29. The van der Waals surface area contributed by atoms with Gasteiger partial charge in [-0.25, -0.2) is 0 Å². The van der Waals surface area contributed by atoms with E-state index in [-0.39, 0.29) is 11.9 Å². The second kappa shape index (κ2) is 12.6. The third-order valence-corrected chi connectivity index (χ3v) is 8.29. The number of nitrogens with one attached hydrogen (secondary N) is 1. The van der Waals surface area contributed by atoms with E-state index in [1.807, 2.05) is 11.8 Å². The zero-order valence-electron chi connectivity index (χ0n) is 20.9. The van der Waals surface area contributed by atoms with E-state index in [2.05, 4.69) is 89.1 Å². The molecule has 0 aromatic heterocycles. The number of ether oxygens (including phenoxy) is 1. The van der Waals surface area contributed by atoms with Gasteiger partial charge >= 0.3 is 0 Å². The molecule has 2 atom stereocenters. The van der Waals surface area contributed by atoms with Crippen LogP contribution in [0.25, 0.3) is 0 Å². The van der Waals surface area contributed by atoms with Crippen LogP contribution in [0, 0.1) is 0 Å². The number of hydrogen-bond donors (Lipinski definition) is 1. The van der Waals surface area contributed by atoms with Crippen LogP contribution in [0.3, 0.4) is 0 Å². The van der Waals surface area contributed by atoms with Gasteiger partial charge in [0.05, 0.1) is 12.1 Å². The Morgan fingerprint density at radius 3 is 2.56 bits per heavy atom. The van der Waals surface area contributed by atoms with E-state index >= 15 is 0 Å². The maximum Gasteiger partial charge on any atom is 0.220 e. The number of thioether (sulfide) groups is 1. The lowest BCUT2D eigenvalue weighted by atomic mass is 9.95. The first-order chi connectivity index (χ1) is 17.8. The predicted octanol–water partition coefficient (Wildman–Crippen LogP) is 6.35. The number of hydrogen-bond acceptors (Lipinski definition) is 4. The largest absolute Gasteiger partial charge is 0.377 e. The highest BCUT2D eigenvalue weighted by Gasteiger charge is 2.25. The smallest absolute Gasteiger partial charge is 0.220 e. The molecular formula is C31H36N2O2S. The monoisotopic (exact) mass is 500 g/mol.